The Balaban J connectivity index is 1.73. The Kier molecular flexibility index (Phi) is 4.12. The first-order valence-corrected chi connectivity index (χ1v) is 10.3. The maximum absolute atomic E-state index is 13.1. The van der Waals surface area contributed by atoms with Crippen LogP contribution in [0.4, 0.5) is 0 Å². The number of hydrogen-bond donors (Lipinski definition) is 0. The second-order valence-electron chi connectivity index (χ2n) is 6.82. The molecule has 1 aliphatic carbocycles. The average Bonchev–Trinajstić information content (AvgIpc) is 2.99. The van der Waals surface area contributed by atoms with E-state index in [4.69, 9.17) is 0 Å². The van der Waals surface area contributed by atoms with Crippen molar-refractivity contribution in [2.24, 2.45) is 0 Å². The third-order valence-electron chi connectivity index (χ3n) is 5.17. The van der Waals surface area contributed by atoms with Crippen LogP contribution in [0.5, 0.6) is 0 Å². The van der Waals surface area contributed by atoms with Crippen LogP contribution in [-0.2, 0) is 10.0 Å². The summed E-state index contributed by atoms with van der Waals surface area (Å²) >= 11 is 0. The molecule has 1 aromatic heterocycles. The summed E-state index contributed by atoms with van der Waals surface area (Å²) in [5, 5.41) is 0. The van der Waals surface area contributed by atoms with Gasteiger partial charge in [0.2, 0.25) is 0 Å². The fraction of sp³-hybridized carbons (Fsp3) is 0.350. The molecule has 0 bridgehead atoms. The molecule has 1 fully saturated rings. The third kappa shape index (κ3) is 2.86. The Hall–Kier alpha value is -2.14. The Morgan fingerprint density at radius 1 is 0.960 bits per heavy atom. The topological polar surface area (TPSA) is 52.0 Å². The van der Waals surface area contributed by atoms with E-state index < -0.39 is 10.0 Å². The molecule has 5 heteroatoms. The molecule has 2 aromatic carbocycles. The summed E-state index contributed by atoms with van der Waals surface area (Å²) in [6.07, 6.45) is 6.26. The van der Waals surface area contributed by atoms with E-state index in [1.54, 1.807) is 25.1 Å². The van der Waals surface area contributed by atoms with Crippen molar-refractivity contribution in [1.82, 2.24) is 8.96 Å². The van der Waals surface area contributed by atoms with Crippen LogP contribution in [0.3, 0.4) is 0 Å². The Bertz CT molecular complexity index is 998. The number of aryl methyl sites for hydroxylation is 1. The molecule has 0 saturated heterocycles. The quantitative estimate of drug-likeness (QED) is 0.689. The summed E-state index contributed by atoms with van der Waals surface area (Å²) in [4.78, 5) is 4.70. The molecule has 1 saturated carbocycles. The number of hydrogen-bond acceptors (Lipinski definition) is 3. The van der Waals surface area contributed by atoms with Crippen LogP contribution in [0.15, 0.2) is 53.4 Å². The summed E-state index contributed by atoms with van der Waals surface area (Å²) in [6.45, 7) is 1.73. The lowest BCUT2D eigenvalue weighted by Gasteiger charge is -2.22. The molecule has 130 valence electrons. The van der Waals surface area contributed by atoms with Gasteiger partial charge in [-0.2, -0.15) is 0 Å². The molecule has 25 heavy (non-hydrogen) atoms. The van der Waals surface area contributed by atoms with E-state index in [0.717, 1.165) is 0 Å². The highest BCUT2D eigenvalue weighted by atomic mass is 32.2. The van der Waals surface area contributed by atoms with Crippen molar-refractivity contribution in [2.75, 3.05) is 0 Å². The fourth-order valence-corrected chi connectivity index (χ4v) is 5.37. The Morgan fingerprint density at radius 3 is 2.36 bits per heavy atom. The highest BCUT2D eigenvalue weighted by Gasteiger charge is 2.23. The van der Waals surface area contributed by atoms with E-state index in [9.17, 15) is 8.42 Å². The van der Waals surface area contributed by atoms with Gasteiger partial charge in [-0.05, 0) is 55.5 Å². The molecule has 0 spiro atoms. The van der Waals surface area contributed by atoms with Crippen LogP contribution < -0.4 is 0 Å². The molecule has 0 unspecified atom stereocenters. The Morgan fingerprint density at radius 2 is 1.64 bits per heavy atom. The van der Waals surface area contributed by atoms with Crippen LogP contribution in [0, 0.1) is 6.92 Å². The molecule has 0 atom stereocenters. The molecular weight excluding hydrogens is 332 g/mol. The second-order valence-corrected chi connectivity index (χ2v) is 8.61. The van der Waals surface area contributed by atoms with Gasteiger partial charge in [0.15, 0.2) is 0 Å². The van der Waals surface area contributed by atoms with Gasteiger partial charge in [-0.1, -0.05) is 43.5 Å². The maximum Gasteiger partial charge on any atom is 0.269 e. The maximum atomic E-state index is 13.1. The first-order chi connectivity index (χ1) is 12.1. The van der Waals surface area contributed by atoms with Crippen molar-refractivity contribution in [3.8, 4) is 0 Å². The normalized spacial score (nSPS) is 16.4. The molecular formula is C20H22N2O2S. The van der Waals surface area contributed by atoms with E-state index in [2.05, 4.69) is 4.98 Å². The fourth-order valence-electron chi connectivity index (χ4n) is 3.88. The van der Waals surface area contributed by atoms with E-state index in [-0.39, 0.29) is 0 Å². The number of benzene rings is 2. The largest absolute Gasteiger partial charge is 0.269 e. The van der Waals surface area contributed by atoms with Gasteiger partial charge >= 0.3 is 0 Å². The van der Waals surface area contributed by atoms with Crippen LogP contribution in [0.1, 0.15) is 49.4 Å². The first kappa shape index (κ1) is 16.3. The molecule has 4 nitrogen and oxygen atoms in total. The van der Waals surface area contributed by atoms with Gasteiger partial charge in [-0.15, -0.1) is 0 Å². The third-order valence-corrected chi connectivity index (χ3v) is 6.98. The highest BCUT2D eigenvalue weighted by molar-refractivity contribution is 7.90. The summed E-state index contributed by atoms with van der Waals surface area (Å²) < 4.78 is 27.6. The monoisotopic (exact) mass is 354 g/mol. The van der Waals surface area contributed by atoms with Gasteiger partial charge in [-0.3, -0.25) is 0 Å². The smallest absolute Gasteiger partial charge is 0.232 e. The number of aromatic nitrogens is 2. The van der Waals surface area contributed by atoms with Gasteiger partial charge in [0.25, 0.3) is 10.0 Å². The van der Waals surface area contributed by atoms with Crippen molar-refractivity contribution >= 4 is 21.1 Å². The molecule has 1 aliphatic rings. The van der Waals surface area contributed by atoms with Crippen molar-refractivity contribution < 1.29 is 8.42 Å². The standard InChI is InChI=1S/C20H22N2O2S/c1-15-21-19-9-5-6-10-20(19)22(15)25(23,24)18-13-11-17(12-14-18)16-7-3-2-4-8-16/h5-6,9-14,16H,2-4,7-8H2,1H3. The van der Waals surface area contributed by atoms with Crippen molar-refractivity contribution in [2.45, 2.75) is 49.8 Å². The zero-order valence-corrected chi connectivity index (χ0v) is 15.2. The van der Waals surface area contributed by atoms with Crippen LogP contribution >= 0.6 is 0 Å². The molecule has 0 N–H and O–H groups in total. The minimum absolute atomic E-state index is 0.318. The average molecular weight is 354 g/mol. The molecule has 4 rings (SSSR count). The van der Waals surface area contributed by atoms with Crippen molar-refractivity contribution in [3.05, 3.63) is 59.9 Å². The van der Waals surface area contributed by atoms with Crippen molar-refractivity contribution in [1.29, 1.82) is 0 Å². The predicted molar refractivity (Wildman–Crippen MR) is 99.3 cm³/mol. The van der Waals surface area contributed by atoms with Gasteiger partial charge in [0.1, 0.15) is 5.82 Å². The number of imidazole rings is 1. The van der Waals surface area contributed by atoms with E-state index >= 15 is 0 Å². The first-order valence-electron chi connectivity index (χ1n) is 8.87. The van der Waals surface area contributed by atoms with Gasteiger partial charge in [-0.25, -0.2) is 17.4 Å². The second kappa shape index (κ2) is 6.30. The predicted octanol–water partition coefficient (Wildman–Crippen LogP) is 4.63. The van der Waals surface area contributed by atoms with E-state index in [1.807, 2.05) is 30.3 Å². The minimum atomic E-state index is -3.65. The minimum Gasteiger partial charge on any atom is -0.232 e. The summed E-state index contributed by atoms with van der Waals surface area (Å²) in [6, 6.07) is 14.8. The SMILES string of the molecule is Cc1nc2ccccc2n1S(=O)(=O)c1ccc(C2CCCCC2)cc1. The molecule has 0 aliphatic heterocycles. The number of para-hydroxylation sites is 2. The number of fused-ring (bicyclic) bond motifs is 1. The zero-order valence-electron chi connectivity index (χ0n) is 14.4. The van der Waals surface area contributed by atoms with Crippen LogP contribution in [0.25, 0.3) is 11.0 Å². The van der Waals surface area contributed by atoms with Gasteiger partial charge < -0.3 is 0 Å². The zero-order chi connectivity index (χ0) is 17.4. The highest BCUT2D eigenvalue weighted by Crippen LogP contribution is 2.33. The molecule has 0 radical (unpaired) electrons. The van der Waals surface area contributed by atoms with Gasteiger partial charge in [0, 0.05) is 0 Å². The summed E-state index contributed by atoms with van der Waals surface area (Å²) in [5.74, 6) is 1.05. The lowest BCUT2D eigenvalue weighted by Crippen LogP contribution is -2.14. The number of rotatable bonds is 3. The number of nitrogens with zero attached hydrogens (tertiary/aromatic N) is 2. The summed E-state index contributed by atoms with van der Waals surface area (Å²) in [7, 11) is -3.65. The molecule has 3 aromatic rings. The van der Waals surface area contributed by atoms with Crippen molar-refractivity contribution in [3.63, 3.8) is 0 Å². The lowest BCUT2D eigenvalue weighted by atomic mass is 9.84. The Labute approximate surface area is 148 Å². The molecule has 1 heterocycles. The summed E-state index contributed by atoms with van der Waals surface area (Å²) in [5.41, 5.74) is 2.57. The van der Waals surface area contributed by atoms with E-state index in [1.165, 1.54) is 41.6 Å². The van der Waals surface area contributed by atoms with Crippen LogP contribution in [-0.4, -0.2) is 17.4 Å². The van der Waals surface area contributed by atoms with Crippen LogP contribution in [0.2, 0.25) is 0 Å². The van der Waals surface area contributed by atoms with Gasteiger partial charge in [0.05, 0.1) is 15.9 Å². The lowest BCUT2D eigenvalue weighted by molar-refractivity contribution is 0.443. The van der Waals surface area contributed by atoms with E-state index in [0.29, 0.717) is 27.7 Å². The molecule has 0 amide bonds.